The van der Waals surface area contributed by atoms with Gasteiger partial charge in [0.1, 0.15) is 0 Å². The number of aromatic nitrogens is 4. The first-order valence-electron chi connectivity index (χ1n) is 7.08. The van der Waals surface area contributed by atoms with Gasteiger partial charge in [0.2, 0.25) is 5.91 Å². The number of carbonyl (C=O) groups excluding carboxylic acids is 1. The van der Waals surface area contributed by atoms with Crippen molar-refractivity contribution in [1.82, 2.24) is 25.1 Å². The molecular formula is C14H19ClN6O. The van der Waals surface area contributed by atoms with Crippen LogP contribution < -0.4 is 5.32 Å². The van der Waals surface area contributed by atoms with E-state index in [0.717, 1.165) is 18.8 Å². The van der Waals surface area contributed by atoms with Crippen LogP contribution in [0.3, 0.4) is 0 Å². The van der Waals surface area contributed by atoms with E-state index in [-0.39, 0.29) is 12.5 Å². The molecular weight excluding hydrogens is 304 g/mol. The number of nitrogens with one attached hydrogen (secondary N) is 1. The second-order valence-corrected chi connectivity index (χ2v) is 5.43. The summed E-state index contributed by atoms with van der Waals surface area (Å²) >= 11 is 6.02. The van der Waals surface area contributed by atoms with E-state index < -0.39 is 0 Å². The van der Waals surface area contributed by atoms with E-state index in [9.17, 15) is 4.79 Å². The number of tetrazole rings is 1. The van der Waals surface area contributed by atoms with Crippen LogP contribution in [0.15, 0.2) is 24.3 Å². The van der Waals surface area contributed by atoms with E-state index >= 15 is 0 Å². The summed E-state index contributed by atoms with van der Waals surface area (Å²) in [6, 6.07) is 7.14. The number of amides is 1. The van der Waals surface area contributed by atoms with E-state index in [1.807, 2.05) is 24.1 Å². The van der Waals surface area contributed by atoms with Crippen LogP contribution in [0, 0.1) is 0 Å². The predicted molar refractivity (Wildman–Crippen MR) is 84.5 cm³/mol. The fourth-order valence-electron chi connectivity index (χ4n) is 2.02. The Bertz CT molecular complexity index is 629. The number of nitrogens with zero attached hydrogens (tertiary/aromatic N) is 5. The average molecular weight is 323 g/mol. The molecule has 0 bridgehead atoms. The normalized spacial score (nSPS) is 10.9. The summed E-state index contributed by atoms with van der Waals surface area (Å²) < 4.78 is 1.75. The molecule has 22 heavy (non-hydrogen) atoms. The molecule has 1 heterocycles. The topological polar surface area (TPSA) is 75.9 Å². The highest BCUT2D eigenvalue weighted by Gasteiger charge is 2.12. The number of halogens is 1. The molecule has 1 aromatic carbocycles. The van der Waals surface area contributed by atoms with Gasteiger partial charge in [-0.1, -0.05) is 30.7 Å². The Morgan fingerprint density at radius 2 is 2.18 bits per heavy atom. The van der Waals surface area contributed by atoms with E-state index in [1.165, 1.54) is 0 Å². The molecule has 0 radical (unpaired) electrons. The number of para-hydroxylation sites is 1. The molecule has 118 valence electrons. The minimum atomic E-state index is -0.134. The number of benzene rings is 1. The highest BCUT2D eigenvalue weighted by atomic mass is 35.5. The van der Waals surface area contributed by atoms with E-state index in [4.69, 9.17) is 11.6 Å². The Kier molecular flexibility index (Phi) is 5.85. The molecule has 0 atom stereocenters. The number of rotatable bonds is 7. The Morgan fingerprint density at radius 3 is 2.91 bits per heavy atom. The van der Waals surface area contributed by atoms with Crippen LogP contribution >= 0.6 is 11.6 Å². The number of hydrogen-bond donors (Lipinski definition) is 1. The zero-order chi connectivity index (χ0) is 15.9. The second-order valence-electron chi connectivity index (χ2n) is 5.02. The quantitative estimate of drug-likeness (QED) is 0.841. The molecule has 0 saturated carbocycles. The summed E-state index contributed by atoms with van der Waals surface area (Å²) in [5, 5.41) is 14.9. The van der Waals surface area contributed by atoms with Crippen molar-refractivity contribution >= 4 is 23.2 Å². The number of likely N-dealkylation sites (N-methyl/N-ethyl adjacent to an activating group) is 1. The van der Waals surface area contributed by atoms with Crippen LogP contribution in [0.1, 0.15) is 19.2 Å². The van der Waals surface area contributed by atoms with Gasteiger partial charge in [0.15, 0.2) is 5.82 Å². The Morgan fingerprint density at radius 1 is 1.41 bits per heavy atom. The summed E-state index contributed by atoms with van der Waals surface area (Å²) in [5.41, 5.74) is 0.610. The highest BCUT2D eigenvalue weighted by Crippen LogP contribution is 2.20. The molecule has 0 aliphatic carbocycles. The maximum Gasteiger partial charge on any atom is 0.238 e. The van der Waals surface area contributed by atoms with Gasteiger partial charge in [-0.2, -0.15) is 0 Å². The Hall–Kier alpha value is -1.99. The number of anilines is 1. The van der Waals surface area contributed by atoms with Crippen molar-refractivity contribution in [3.63, 3.8) is 0 Å². The van der Waals surface area contributed by atoms with Crippen molar-refractivity contribution in [2.75, 3.05) is 18.9 Å². The first-order valence-corrected chi connectivity index (χ1v) is 7.46. The van der Waals surface area contributed by atoms with Crippen molar-refractivity contribution in [3.8, 4) is 0 Å². The molecule has 7 nitrogen and oxygen atoms in total. The average Bonchev–Trinajstić information content (AvgIpc) is 2.89. The standard InChI is InChI=1S/C14H19ClN6O/c1-3-8-21-13(17-18-19-21)9-20(2)10-14(22)16-12-7-5-4-6-11(12)15/h4-7H,3,8-10H2,1-2H3,(H,16,22). The minimum Gasteiger partial charge on any atom is -0.324 e. The summed E-state index contributed by atoms with van der Waals surface area (Å²) in [7, 11) is 1.84. The molecule has 0 aliphatic rings. The number of aryl methyl sites for hydroxylation is 1. The van der Waals surface area contributed by atoms with Crippen LogP contribution in [0.4, 0.5) is 5.69 Å². The van der Waals surface area contributed by atoms with Crippen molar-refractivity contribution in [1.29, 1.82) is 0 Å². The predicted octanol–water partition coefficient (Wildman–Crippen LogP) is 1.81. The monoisotopic (exact) mass is 322 g/mol. The van der Waals surface area contributed by atoms with Gasteiger partial charge in [0.25, 0.3) is 0 Å². The van der Waals surface area contributed by atoms with Crippen molar-refractivity contribution < 1.29 is 4.79 Å². The van der Waals surface area contributed by atoms with Crippen molar-refractivity contribution in [3.05, 3.63) is 35.1 Å². The van der Waals surface area contributed by atoms with E-state index in [2.05, 4.69) is 27.8 Å². The summed E-state index contributed by atoms with van der Waals surface area (Å²) in [6.07, 6.45) is 0.953. The van der Waals surface area contributed by atoms with E-state index in [0.29, 0.717) is 17.3 Å². The molecule has 0 aliphatic heterocycles. The van der Waals surface area contributed by atoms with Gasteiger partial charge in [0.05, 0.1) is 23.8 Å². The van der Waals surface area contributed by atoms with Gasteiger partial charge >= 0.3 is 0 Å². The zero-order valence-corrected chi connectivity index (χ0v) is 13.4. The number of hydrogen-bond acceptors (Lipinski definition) is 5. The molecule has 0 spiro atoms. The summed E-state index contributed by atoms with van der Waals surface area (Å²) in [5.74, 6) is 0.611. The largest absolute Gasteiger partial charge is 0.324 e. The summed E-state index contributed by atoms with van der Waals surface area (Å²) in [4.78, 5) is 13.9. The first kappa shape index (κ1) is 16.4. The van der Waals surface area contributed by atoms with Crippen LogP contribution in [-0.4, -0.2) is 44.6 Å². The van der Waals surface area contributed by atoms with Crippen LogP contribution in [-0.2, 0) is 17.9 Å². The van der Waals surface area contributed by atoms with Crippen LogP contribution in [0.5, 0.6) is 0 Å². The lowest BCUT2D eigenvalue weighted by atomic mass is 10.3. The van der Waals surface area contributed by atoms with Gasteiger partial charge < -0.3 is 5.32 Å². The lowest BCUT2D eigenvalue weighted by molar-refractivity contribution is -0.117. The molecule has 2 aromatic rings. The Labute approximate surface area is 134 Å². The van der Waals surface area contributed by atoms with Gasteiger partial charge in [-0.3, -0.25) is 9.69 Å². The minimum absolute atomic E-state index is 0.134. The van der Waals surface area contributed by atoms with E-state index in [1.54, 1.807) is 16.8 Å². The van der Waals surface area contributed by atoms with Crippen molar-refractivity contribution in [2.24, 2.45) is 0 Å². The van der Waals surface area contributed by atoms with Crippen LogP contribution in [0.25, 0.3) is 0 Å². The lowest BCUT2D eigenvalue weighted by Crippen LogP contribution is -2.31. The SMILES string of the molecule is CCCn1nnnc1CN(C)CC(=O)Nc1ccccc1Cl. The smallest absolute Gasteiger partial charge is 0.238 e. The third-order valence-corrected chi connectivity index (χ3v) is 3.34. The zero-order valence-electron chi connectivity index (χ0n) is 12.7. The first-order chi connectivity index (χ1) is 10.6. The second kappa shape index (κ2) is 7.86. The van der Waals surface area contributed by atoms with Gasteiger partial charge in [-0.05, 0) is 36.0 Å². The van der Waals surface area contributed by atoms with Gasteiger partial charge in [-0.15, -0.1) is 5.10 Å². The third-order valence-electron chi connectivity index (χ3n) is 3.01. The third kappa shape index (κ3) is 4.51. The Balaban J connectivity index is 1.89. The molecule has 8 heteroatoms. The fraction of sp³-hybridized carbons (Fsp3) is 0.429. The maximum absolute atomic E-state index is 12.0. The molecule has 1 N–H and O–H groups in total. The van der Waals surface area contributed by atoms with Crippen LogP contribution in [0.2, 0.25) is 5.02 Å². The molecule has 0 saturated heterocycles. The maximum atomic E-state index is 12.0. The molecule has 0 unspecified atom stereocenters. The molecule has 2 rings (SSSR count). The molecule has 0 fully saturated rings. The number of carbonyl (C=O) groups is 1. The fourth-order valence-corrected chi connectivity index (χ4v) is 2.20. The molecule has 1 aromatic heterocycles. The lowest BCUT2D eigenvalue weighted by Gasteiger charge is -2.16. The van der Waals surface area contributed by atoms with Crippen molar-refractivity contribution in [2.45, 2.75) is 26.4 Å². The van der Waals surface area contributed by atoms with Gasteiger partial charge in [-0.25, -0.2) is 4.68 Å². The molecule has 1 amide bonds. The van der Waals surface area contributed by atoms with Gasteiger partial charge in [0, 0.05) is 6.54 Å². The highest BCUT2D eigenvalue weighted by molar-refractivity contribution is 6.33. The summed E-state index contributed by atoms with van der Waals surface area (Å²) in [6.45, 7) is 3.56.